The van der Waals surface area contributed by atoms with E-state index < -0.39 is 0 Å². The summed E-state index contributed by atoms with van der Waals surface area (Å²) in [5, 5.41) is 1.64. The summed E-state index contributed by atoms with van der Waals surface area (Å²) in [7, 11) is 1.62. The number of nitrogens with two attached hydrogens (primary N) is 2. The summed E-state index contributed by atoms with van der Waals surface area (Å²) < 4.78 is 5.13. The van der Waals surface area contributed by atoms with Crippen LogP contribution >= 0.6 is 0 Å². The van der Waals surface area contributed by atoms with Gasteiger partial charge in [-0.2, -0.15) is 0 Å². The minimum atomic E-state index is -0.180. The molecular formula is C11H19N3O. The van der Waals surface area contributed by atoms with Crippen molar-refractivity contribution in [2.75, 3.05) is 17.9 Å². The van der Waals surface area contributed by atoms with Gasteiger partial charge in [0.2, 0.25) is 0 Å². The van der Waals surface area contributed by atoms with Gasteiger partial charge in [0.15, 0.2) is 0 Å². The molecule has 0 atom stereocenters. The Hall–Kier alpha value is -1.42. The highest BCUT2D eigenvalue weighted by molar-refractivity contribution is 5.69. The fraction of sp³-hybridized carbons (Fsp3) is 0.455. The number of anilines is 2. The van der Waals surface area contributed by atoms with Crippen LogP contribution in [0.3, 0.4) is 0 Å². The van der Waals surface area contributed by atoms with E-state index in [9.17, 15) is 0 Å². The highest BCUT2D eigenvalue weighted by Gasteiger charge is 2.20. The fourth-order valence-electron chi connectivity index (χ4n) is 1.22. The van der Waals surface area contributed by atoms with Crippen molar-refractivity contribution in [1.29, 1.82) is 0 Å². The number of nitrogen functional groups attached to an aromatic ring is 1. The lowest BCUT2D eigenvalue weighted by atomic mass is 10.1. The molecule has 0 saturated heterocycles. The summed E-state index contributed by atoms with van der Waals surface area (Å²) in [5.41, 5.74) is 7.11. The van der Waals surface area contributed by atoms with Gasteiger partial charge in [-0.3, -0.25) is 0 Å². The quantitative estimate of drug-likeness (QED) is 0.442. The predicted octanol–water partition coefficient (Wildman–Crippen LogP) is 1.76. The van der Waals surface area contributed by atoms with Crippen LogP contribution in [0.2, 0.25) is 0 Å². The Kier molecular flexibility index (Phi) is 3.09. The largest absolute Gasteiger partial charge is 0.497 e. The van der Waals surface area contributed by atoms with Crippen LogP contribution in [0.5, 0.6) is 5.75 Å². The molecule has 1 aromatic carbocycles. The minimum absolute atomic E-state index is 0.180. The molecule has 15 heavy (non-hydrogen) atoms. The van der Waals surface area contributed by atoms with E-state index in [1.54, 1.807) is 18.2 Å². The van der Waals surface area contributed by atoms with E-state index in [-0.39, 0.29) is 5.54 Å². The molecule has 84 valence electrons. The highest BCUT2D eigenvalue weighted by Crippen LogP contribution is 2.30. The van der Waals surface area contributed by atoms with Gasteiger partial charge in [0.05, 0.1) is 18.5 Å². The van der Waals surface area contributed by atoms with Gasteiger partial charge < -0.3 is 15.5 Å². The summed E-state index contributed by atoms with van der Waals surface area (Å²) in [6.07, 6.45) is 0. The maximum atomic E-state index is 5.99. The van der Waals surface area contributed by atoms with E-state index in [0.29, 0.717) is 5.69 Å². The lowest BCUT2D eigenvalue weighted by Gasteiger charge is -2.34. The first-order valence-corrected chi connectivity index (χ1v) is 4.84. The van der Waals surface area contributed by atoms with Gasteiger partial charge >= 0.3 is 0 Å². The molecule has 0 heterocycles. The van der Waals surface area contributed by atoms with Crippen molar-refractivity contribution >= 4 is 11.4 Å². The third kappa shape index (κ3) is 2.53. The van der Waals surface area contributed by atoms with Crippen molar-refractivity contribution in [3.05, 3.63) is 18.2 Å². The van der Waals surface area contributed by atoms with Gasteiger partial charge in [0.1, 0.15) is 5.75 Å². The molecule has 0 unspecified atom stereocenters. The number of hydrogen-bond acceptors (Lipinski definition) is 4. The standard InChI is InChI=1S/C11H19N3O/c1-11(2,3)14(13)10-7-8(15-4)5-6-9(10)12/h5-7H,12-13H2,1-4H3. The number of ether oxygens (including phenoxy) is 1. The molecule has 0 radical (unpaired) electrons. The zero-order valence-corrected chi connectivity index (χ0v) is 9.74. The van der Waals surface area contributed by atoms with Crippen LogP contribution in [-0.4, -0.2) is 12.6 Å². The zero-order chi connectivity index (χ0) is 11.6. The van der Waals surface area contributed by atoms with Crippen LogP contribution in [0.1, 0.15) is 20.8 Å². The van der Waals surface area contributed by atoms with Crippen LogP contribution in [0.15, 0.2) is 18.2 Å². The summed E-state index contributed by atoms with van der Waals surface area (Å²) in [6.45, 7) is 6.06. The molecule has 0 spiro atoms. The van der Waals surface area contributed by atoms with Crippen molar-refractivity contribution in [2.24, 2.45) is 5.84 Å². The van der Waals surface area contributed by atoms with Crippen molar-refractivity contribution in [3.63, 3.8) is 0 Å². The number of nitrogens with zero attached hydrogens (tertiary/aromatic N) is 1. The van der Waals surface area contributed by atoms with Crippen molar-refractivity contribution < 1.29 is 4.74 Å². The van der Waals surface area contributed by atoms with Gasteiger partial charge in [-0.1, -0.05) is 0 Å². The number of methoxy groups -OCH3 is 1. The maximum Gasteiger partial charge on any atom is 0.121 e. The van der Waals surface area contributed by atoms with Crippen molar-refractivity contribution in [1.82, 2.24) is 0 Å². The maximum absolute atomic E-state index is 5.99. The second-order valence-electron chi connectivity index (χ2n) is 4.47. The molecule has 0 amide bonds. The Labute approximate surface area is 90.8 Å². The molecule has 0 fully saturated rings. The lowest BCUT2D eigenvalue weighted by Crippen LogP contribution is -2.47. The highest BCUT2D eigenvalue weighted by atomic mass is 16.5. The minimum Gasteiger partial charge on any atom is -0.497 e. The molecule has 0 aliphatic rings. The molecule has 0 aliphatic heterocycles. The van der Waals surface area contributed by atoms with Gasteiger partial charge in [-0.25, -0.2) is 5.84 Å². The average Bonchev–Trinajstić information content (AvgIpc) is 2.16. The van der Waals surface area contributed by atoms with E-state index in [0.717, 1.165) is 11.4 Å². The molecule has 0 bridgehead atoms. The fourth-order valence-corrected chi connectivity index (χ4v) is 1.22. The summed E-state index contributed by atoms with van der Waals surface area (Å²) in [6, 6.07) is 5.44. The molecule has 0 saturated carbocycles. The van der Waals surface area contributed by atoms with Crippen molar-refractivity contribution in [3.8, 4) is 5.75 Å². The molecular weight excluding hydrogens is 190 g/mol. The van der Waals surface area contributed by atoms with E-state index in [1.165, 1.54) is 0 Å². The molecule has 4 N–H and O–H groups in total. The Morgan fingerprint density at radius 2 is 1.87 bits per heavy atom. The Morgan fingerprint density at radius 1 is 1.27 bits per heavy atom. The first kappa shape index (κ1) is 11.7. The van der Waals surface area contributed by atoms with E-state index in [2.05, 4.69) is 0 Å². The van der Waals surface area contributed by atoms with E-state index >= 15 is 0 Å². The SMILES string of the molecule is COc1ccc(N)c(N(N)C(C)(C)C)c1. The number of hydrogen-bond donors (Lipinski definition) is 2. The molecule has 0 aliphatic carbocycles. The van der Waals surface area contributed by atoms with Crippen LogP contribution in [0.25, 0.3) is 0 Å². The third-order valence-electron chi connectivity index (χ3n) is 2.22. The van der Waals surface area contributed by atoms with Crippen LogP contribution < -0.4 is 21.3 Å². The molecule has 1 rings (SSSR count). The molecule has 1 aromatic rings. The normalized spacial score (nSPS) is 11.3. The second-order valence-corrected chi connectivity index (χ2v) is 4.47. The number of benzene rings is 1. The molecule has 4 heteroatoms. The summed E-state index contributed by atoms with van der Waals surface area (Å²) in [4.78, 5) is 0. The molecule has 4 nitrogen and oxygen atoms in total. The van der Waals surface area contributed by atoms with Crippen LogP contribution in [0, 0.1) is 0 Å². The third-order valence-corrected chi connectivity index (χ3v) is 2.22. The number of hydrazine groups is 1. The van der Waals surface area contributed by atoms with Crippen molar-refractivity contribution in [2.45, 2.75) is 26.3 Å². The molecule has 0 aromatic heterocycles. The second kappa shape index (κ2) is 3.98. The van der Waals surface area contributed by atoms with Gasteiger partial charge in [0, 0.05) is 11.6 Å². The monoisotopic (exact) mass is 209 g/mol. The van der Waals surface area contributed by atoms with Crippen LogP contribution in [0.4, 0.5) is 11.4 Å². The van der Waals surface area contributed by atoms with Gasteiger partial charge in [-0.15, -0.1) is 0 Å². The zero-order valence-electron chi connectivity index (χ0n) is 9.74. The first-order valence-electron chi connectivity index (χ1n) is 4.84. The summed E-state index contributed by atoms with van der Waals surface area (Å²) in [5.74, 6) is 6.74. The Balaban J connectivity index is 3.12. The lowest BCUT2D eigenvalue weighted by molar-refractivity contribution is 0.414. The van der Waals surface area contributed by atoms with Gasteiger partial charge in [0.25, 0.3) is 0 Å². The summed E-state index contributed by atoms with van der Waals surface area (Å²) >= 11 is 0. The van der Waals surface area contributed by atoms with E-state index in [1.807, 2.05) is 32.9 Å². The van der Waals surface area contributed by atoms with Gasteiger partial charge in [-0.05, 0) is 32.9 Å². The van der Waals surface area contributed by atoms with Crippen LogP contribution in [-0.2, 0) is 0 Å². The van der Waals surface area contributed by atoms with E-state index in [4.69, 9.17) is 16.3 Å². The Morgan fingerprint density at radius 3 is 2.33 bits per heavy atom. The average molecular weight is 209 g/mol. The number of rotatable bonds is 2. The Bertz CT molecular complexity index is 344. The predicted molar refractivity (Wildman–Crippen MR) is 63.8 cm³/mol. The first-order chi connectivity index (χ1) is 6.86. The smallest absolute Gasteiger partial charge is 0.121 e. The topological polar surface area (TPSA) is 64.5 Å².